The second-order valence-electron chi connectivity index (χ2n) is 4.05. The van der Waals surface area contributed by atoms with E-state index in [1.165, 1.54) is 5.56 Å². The molecule has 0 saturated carbocycles. The lowest BCUT2D eigenvalue weighted by Gasteiger charge is -2.17. The number of nitrogens with one attached hydrogen (secondary N) is 1. The third-order valence-electron chi connectivity index (χ3n) is 2.79. The van der Waals surface area contributed by atoms with Crippen molar-refractivity contribution in [3.05, 3.63) is 66.0 Å². The van der Waals surface area contributed by atoms with E-state index in [-0.39, 0.29) is 0 Å². The molecule has 0 radical (unpaired) electrons. The van der Waals surface area contributed by atoms with E-state index in [4.69, 9.17) is 0 Å². The van der Waals surface area contributed by atoms with Gasteiger partial charge in [-0.25, -0.2) is 0 Å². The van der Waals surface area contributed by atoms with E-state index in [0.717, 1.165) is 18.7 Å². The Morgan fingerprint density at radius 1 is 1.06 bits per heavy atom. The van der Waals surface area contributed by atoms with Gasteiger partial charge in [0.1, 0.15) is 0 Å². The summed E-state index contributed by atoms with van der Waals surface area (Å²) in [5, 5.41) is 3.51. The maximum Gasteiger partial charge on any atom is 0.0422 e. The van der Waals surface area contributed by atoms with Crippen LogP contribution in [0.15, 0.2) is 54.7 Å². The second-order valence-corrected chi connectivity index (χ2v) is 4.05. The van der Waals surface area contributed by atoms with Crippen LogP contribution >= 0.6 is 0 Å². The lowest BCUT2D eigenvalue weighted by Crippen LogP contribution is -2.23. The predicted octanol–water partition coefficient (Wildman–Crippen LogP) is 2.97. The third-order valence-corrected chi connectivity index (χ3v) is 2.79. The zero-order valence-corrected chi connectivity index (χ0v) is 10.1. The minimum atomic E-state index is 0.344. The molecule has 0 amide bonds. The molecule has 17 heavy (non-hydrogen) atoms. The van der Waals surface area contributed by atoms with Gasteiger partial charge in [0.25, 0.3) is 0 Å². The number of pyridine rings is 1. The summed E-state index contributed by atoms with van der Waals surface area (Å²) < 4.78 is 0. The quantitative estimate of drug-likeness (QED) is 0.847. The monoisotopic (exact) mass is 226 g/mol. The van der Waals surface area contributed by atoms with Crippen LogP contribution in [0.2, 0.25) is 0 Å². The van der Waals surface area contributed by atoms with Crippen LogP contribution in [0.4, 0.5) is 0 Å². The summed E-state index contributed by atoms with van der Waals surface area (Å²) in [5.41, 5.74) is 2.45. The SMILES string of the molecule is CCNC(Cc1ccccn1)c1ccccc1. The van der Waals surface area contributed by atoms with Crippen molar-refractivity contribution < 1.29 is 0 Å². The maximum absolute atomic E-state index is 4.39. The molecule has 1 unspecified atom stereocenters. The number of nitrogens with zero attached hydrogens (tertiary/aromatic N) is 1. The Morgan fingerprint density at radius 3 is 2.47 bits per heavy atom. The first kappa shape index (κ1) is 11.8. The van der Waals surface area contributed by atoms with Gasteiger partial charge in [0.15, 0.2) is 0 Å². The Bertz CT molecular complexity index is 425. The largest absolute Gasteiger partial charge is 0.310 e. The molecule has 0 saturated heterocycles. The van der Waals surface area contributed by atoms with E-state index in [0.29, 0.717) is 6.04 Å². The fourth-order valence-corrected chi connectivity index (χ4v) is 1.97. The van der Waals surface area contributed by atoms with Gasteiger partial charge in [-0.05, 0) is 24.2 Å². The molecule has 1 heterocycles. The Labute approximate surface area is 103 Å². The van der Waals surface area contributed by atoms with Crippen molar-refractivity contribution in [3.8, 4) is 0 Å². The van der Waals surface area contributed by atoms with Gasteiger partial charge >= 0.3 is 0 Å². The molecule has 0 aliphatic carbocycles. The van der Waals surface area contributed by atoms with Crippen LogP contribution < -0.4 is 5.32 Å². The topological polar surface area (TPSA) is 24.9 Å². The van der Waals surface area contributed by atoms with Crippen molar-refractivity contribution in [1.82, 2.24) is 10.3 Å². The summed E-state index contributed by atoms with van der Waals surface area (Å²) in [5.74, 6) is 0. The molecule has 1 N–H and O–H groups in total. The Hall–Kier alpha value is -1.67. The molecular weight excluding hydrogens is 208 g/mol. The molecule has 0 aliphatic rings. The molecule has 1 aromatic heterocycles. The summed E-state index contributed by atoms with van der Waals surface area (Å²) in [4.78, 5) is 4.39. The van der Waals surface area contributed by atoms with Gasteiger partial charge in [0.2, 0.25) is 0 Å². The molecule has 0 bridgehead atoms. The Morgan fingerprint density at radius 2 is 1.82 bits per heavy atom. The van der Waals surface area contributed by atoms with Crippen LogP contribution in [-0.2, 0) is 6.42 Å². The highest BCUT2D eigenvalue weighted by Crippen LogP contribution is 2.16. The Kier molecular flexibility index (Phi) is 4.28. The van der Waals surface area contributed by atoms with Crippen LogP contribution in [0, 0.1) is 0 Å². The summed E-state index contributed by atoms with van der Waals surface area (Å²) >= 11 is 0. The van der Waals surface area contributed by atoms with Gasteiger partial charge in [0, 0.05) is 24.4 Å². The van der Waals surface area contributed by atoms with E-state index >= 15 is 0 Å². The number of rotatable bonds is 5. The Balaban J connectivity index is 2.13. The van der Waals surface area contributed by atoms with Crippen LogP contribution in [0.5, 0.6) is 0 Å². The normalized spacial score (nSPS) is 12.3. The van der Waals surface area contributed by atoms with Crippen molar-refractivity contribution in [2.45, 2.75) is 19.4 Å². The lowest BCUT2D eigenvalue weighted by atomic mass is 10.0. The number of aromatic nitrogens is 1. The highest BCUT2D eigenvalue weighted by Gasteiger charge is 2.10. The smallest absolute Gasteiger partial charge is 0.0422 e. The molecule has 2 nitrogen and oxygen atoms in total. The first-order valence-electron chi connectivity index (χ1n) is 6.08. The van der Waals surface area contributed by atoms with Gasteiger partial charge in [-0.1, -0.05) is 43.3 Å². The van der Waals surface area contributed by atoms with Gasteiger partial charge < -0.3 is 5.32 Å². The summed E-state index contributed by atoms with van der Waals surface area (Å²) in [7, 11) is 0. The highest BCUT2D eigenvalue weighted by molar-refractivity contribution is 5.21. The van der Waals surface area contributed by atoms with Crippen molar-refractivity contribution in [3.63, 3.8) is 0 Å². The molecule has 2 heteroatoms. The fraction of sp³-hybridized carbons (Fsp3) is 0.267. The van der Waals surface area contributed by atoms with E-state index in [2.05, 4.69) is 47.6 Å². The predicted molar refractivity (Wildman–Crippen MR) is 70.8 cm³/mol. The van der Waals surface area contributed by atoms with Gasteiger partial charge in [-0.15, -0.1) is 0 Å². The minimum absolute atomic E-state index is 0.344. The van der Waals surface area contributed by atoms with Crippen LogP contribution in [0.1, 0.15) is 24.2 Å². The molecule has 0 aliphatic heterocycles. The number of hydrogen-bond donors (Lipinski definition) is 1. The first-order valence-corrected chi connectivity index (χ1v) is 6.08. The number of hydrogen-bond acceptors (Lipinski definition) is 2. The molecule has 0 fully saturated rings. The standard InChI is InChI=1S/C15H18N2/c1-2-16-15(13-8-4-3-5-9-13)12-14-10-6-7-11-17-14/h3-11,15-16H,2,12H2,1H3. The molecule has 2 rings (SSSR count). The molecule has 2 aromatic rings. The fourth-order valence-electron chi connectivity index (χ4n) is 1.97. The van der Waals surface area contributed by atoms with Crippen molar-refractivity contribution in [2.75, 3.05) is 6.54 Å². The van der Waals surface area contributed by atoms with Crippen molar-refractivity contribution in [2.24, 2.45) is 0 Å². The molecule has 1 aromatic carbocycles. The van der Waals surface area contributed by atoms with Gasteiger partial charge in [0.05, 0.1) is 0 Å². The zero-order valence-electron chi connectivity index (χ0n) is 10.1. The van der Waals surface area contributed by atoms with Gasteiger partial charge in [-0.2, -0.15) is 0 Å². The van der Waals surface area contributed by atoms with E-state index in [1.54, 1.807) is 0 Å². The van der Waals surface area contributed by atoms with Gasteiger partial charge in [-0.3, -0.25) is 4.98 Å². The average molecular weight is 226 g/mol. The minimum Gasteiger partial charge on any atom is -0.310 e. The number of likely N-dealkylation sites (N-methyl/N-ethyl adjacent to an activating group) is 1. The molecular formula is C15H18N2. The zero-order chi connectivity index (χ0) is 11.9. The van der Waals surface area contributed by atoms with E-state index < -0.39 is 0 Å². The number of benzene rings is 1. The van der Waals surface area contributed by atoms with Crippen LogP contribution in [-0.4, -0.2) is 11.5 Å². The summed E-state index contributed by atoms with van der Waals surface area (Å²) in [6, 6.07) is 16.9. The van der Waals surface area contributed by atoms with Crippen molar-refractivity contribution in [1.29, 1.82) is 0 Å². The van der Waals surface area contributed by atoms with Crippen molar-refractivity contribution >= 4 is 0 Å². The van der Waals surface area contributed by atoms with E-state index in [1.807, 2.05) is 24.4 Å². The lowest BCUT2D eigenvalue weighted by molar-refractivity contribution is 0.544. The van der Waals surface area contributed by atoms with Crippen LogP contribution in [0.3, 0.4) is 0 Å². The highest BCUT2D eigenvalue weighted by atomic mass is 14.9. The third kappa shape index (κ3) is 3.40. The molecule has 0 spiro atoms. The average Bonchev–Trinajstić information content (AvgIpc) is 2.40. The molecule has 1 atom stereocenters. The second kappa shape index (κ2) is 6.16. The van der Waals surface area contributed by atoms with E-state index in [9.17, 15) is 0 Å². The summed E-state index contributed by atoms with van der Waals surface area (Å²) in [6.07, 6.45) is 2.78. The summed E-state index contributed by atoms with van der Waals surface area (Å²) in [6.45, 7) is 3.10. The maximum atomic E-state index is 4.39. The first-order chi connectivity index (χ1) is 8.40. The molecule has 88 valence electrons. The van der Waals surface area contributed by atoms with Crippen LogP contribution in [0.25, 0.3) is 0 Å².